The lowest BCUT2D eigenvalue weighted by Crippen LogP contribution is -2.39. The monoisotopic (exact) mass is 281 g/mol. The van der Waals surface area contributed by atoms with Crippen LogP contribution in [0.2, 0.25) is 0 Å². The number of imide groups is 1. The van der Waals surface area contributed by atoms with Crippen LogP contribution in [0.25, 0.3) is 0 Å². The summed E-state index contributed by atoms with van der Waals surface area (Å²) < 4.78 is 0. The summed E-state index contributed by atoms with van der Waals surface area (Å²) in [6.07, 6.45) is 2.70. The summed E-state index contributed by atoms with van der Waals surface area (Å²) >= 11 is 0. The highest BCUT2D eigenvalue weighted by Crippen LogP contribution is 2.44. The molecule has 0 aromatic carbocycles. The standard InChI is InChI=1S/C16H27NO3/c1-5-10-6-12-13(7-10)15(20)17(14(12)19)9-11(18)8-16(2,3)4/h10-13,18H,5-9H2,1-4H3. The third kappa shape index (κ3) is 3.05. The molecule has 0 aromatic heterocycles. The molecule has 0 radical (unpaired) electrons. The molecule has 0 bridgehead atoms. The van der Waals surface area contributed by atoms with Crippen LogP contribution in [0.3, 0.4) is 0 Å². The van der Waals surface area contributed by atoms with Crippen LogP contribution in [0.5, 0.6) is 0 Å². The van der Waals surface area contributed by atoms with Gasteiger partial charge in [-0.25, -0.2) is 0 Å². The van der Waals surface area contributed by atoms with Crippen molar-refractivity contribution in [1.29, 1.82) is 0 Å². The van der Waals surface area contributed by atoms with E-state index in [4.69, 9.17) is 0 Å². The van der Waals surface area contributed by atoms with E-state index in [1.165, 1.54) is 4.90 Å². The Hall–Kier alpha value is -0.900. The average Bonchev–Trinajstić information content (AvgIpc) is 2.83. The van der Waals surface area contributed by atoms with E-state index in [9.17, 15) is 14.7 Å². The zero-order valence-corrected chi connectivity index (χ0v) is 13.1. The number of aliphatic hydroxyl groups excluding tert-OH is 1. The van der Waals surface area contributed by atoms with Crippen molar-refractivity contribution >= 4 is 11.8 Å². The van der Waals surface area contributed by atoms with Gasteiger partial charge in [0.25, 0.3) is 0 Å². The minimum atomic E-state index is -0.622. The number of fused-ring (bicyclic) bond motifs is 1. The number of hydrogen-bond donors (Lipinski definition) is 1. The Bertz CT molecular complexity index is 375. The molecule has 2 rings (SSSR count). The molecule has 3 unspecified atom stereocenters. The third-order valence-corrected chi connectivity index (χ3v) is 4.65. The van der Waals surface area contributed by atoms with Gasteiger partial charge in [0, 0.05) is 0 Å². The van der Waals surface area contributed by atoms with Crippen molar-refractivity contribution in [3.05, 3.63) is 0 Å². The van der Waals surface area contributed by atoms with Gasteiger partial charge in [0.15, 0.2) is 0 Å². The Labute approximate surface area is 121 Å². The lowest BCUT2D eigenvalue weighted by atomic mass is 9.89. The zero-order chi connectivity index (χ0) is 15.1. The molecule has 114 valence electrons. The Morgan fingerprint density at radius 1 is 1.20 bits per heavy atom. The normalized spacial score (nSPS) is 31.9. The molecule has 1 heterocycles. The predicted octanol–water partition coefficient (Wildman–Crippen LogP) is 2.20. The van der Waals surface area contributed by atoms with E-state index in [1.54, 1.807) is 0 Å². The summed E-state index contributed by atoms with van der Waals surface area (Å²) in [6, 6.07) is 0. The topological polar surface area (TPSA) is 57.6 Å². The van der Waals surface area contributed by atoms with Crippen LogP contribution in [0.15, 0.2) is 0 Å². The van der Waals surface area contributed by atoms with Crippen molar-refractivity contribution in [2.45, 2.75) is 59.5 Å². The summed E-state index contributed by atoms with van der Waals surface area (Å²) in [5, 5.41) is 10.1. The van der Waals surface area contributed by atoms with Gasteiger partial charge < -0.3 is 5.11 Å². The molecule has 3 atom stereocenters. The highest BCUT2D eigenvalue weighted by atomic mass is 16.3. The summed E-state index contributed by atoms with van der Waals surface area (Å²) in [5.41, 5.74) is -0.00554. The van der Waals surface area contributed by atoms with Crippen LogP contribution >= 0.6 is 0 Å². The highest BCUT2D eigenvalue weighted by molar-refractivity contribution is 6.05. The van der Waals surface area contributed by atoms with Gasteiger partial charge in [0.05, 0.1) is 24.5 Å². The maximum atomic E-state index is 12.4. The van der Waals surface area contributed by atoms with Crippen molar-refractivity contribution in [3.8, 4) is 0 Å². The van der Waals surface area contributed by atoms with Gasteiger partial charge in [-0.2, -0.15) is 0 Å². The molecule has 0 spiro atoms. The average molecular weight is 281 g/mol. The maximum Gasteiger partial charge on any atom is 0.233 e. The number of β-amino-alcohol motifs (C(OH)–C–C–N with tert-alkyl or cyclic N) is 1. The van der Waals surface area contributed by atoms with E-state index in [0.717, 1.165) is 19.3 Å². The van der Waals surface area contributed by atoms with E-state index in [1.807, 2.05) is 20.8 Å². The molecule has 2 aliphatic rings. The van der Waals surface area contributed by atoms with Gasteiger partial charge in [-0.1, -0.05) is 34.1 Å². The molecule has 2 fully saturated rings. The zero-order valence-electron chi connectivity index (χ0n) is 13.1. The summed E-state index contributed by atoms with van der Waals surface area (Å²) in [7, 11) is 0. The van der Waals surface area contributed by atoms with Crippen molar-refractivity contribution in [3.63, 3.8) is 0 Å². The van der Waals surface area contributed by atoms with E-state index in [-0.39, 0.29) is 35.6 Å². The molecule has 4 heteroatoms. The first kappa shape index (κ1) is 15.5. The number of rotatable bonds is 4. The van der Waals surface area contributed by atoms with Crippen LogP contribution < -0.4 is 0 Å². The van der Waals surface area contributed by atoms with E-state index in [0.29, 0.717) is 12.3 Å². The van der Waals surface area contributed by atoms with Crippen LogP contribution in [-0.2, 0) is 9.59 Å². The number of aliphatic hydroxyl groups is 1. The number of hydrogen-bond acceptors (Lipinski definition) is 3. The van der Waals surface area contributed by atoms with E-state index in [2.05, 4.69) is 6.92 Å². The first-order valence-corrected chi connectivity index (χ1v) is 7.76. The van der Waals surface area contributed by atoms with Gasteiger partial charge >= 0.3 is 0 Å². The lowest BCUT2D eigenvalue weighted by molar-refractivity contribution is -0.142. The highest BCUT2D eigenvalue weighted by Gasteiger charge is 2.52. The Morgan fingerprint density at radius 2 is 1.70 bits per heavy atom. The minimum absolute atomic E-state index is 0.00554. The lowest BCUT2D eigenvalue weighted by Gasteiger charge is -2.26. The van der Waals surface area contributed by atoms with Crippen molar-refractivity contribution in [2.75, 3.05) is 6.54 Å². The number of carbonyl (C=O) groups excluding carboxylic acids is 2. The number of likely N-dealkylation sites (tertiary alicyclic amines) is 1. The second-order valence-electron chi connectivity index (χ2n) is 7.66. The van der Waals surface area contributed by atoms with E-state index < -0.39 is 6.10 Å². The second kappa shape index (κ2) is 5.47. The van der Waals surface area contributed by atoms with Crippen LogP contribution in [0.4, 0.5) is 0 Å². The quantitative estimate of drug-likeness (QED) is 0.804. The molecular weight excluding hydrogens is 254 g/mol. The van der Waals surface area contributed by atoms with Crippen molar-refractivity contribution in [2.24, 2.45) is 23.2 Å². The van der Waals surface area contributed by atoms with Crippen LogP contribution in [0, 0.1) is 23.2 Å². The largest absolute Gasteiger partial charge is 0.391 e. The minimum Gasteiger partial charge on any atom is -0.391 e. The Balaban J connectivity index is 1.98. The van der Waals surface area contributed by atoms with Gasteiger partial charge in [-0.05, 0) is 30.6 Å². The van der Waals surface area contributed by atoms with Crippen molar-refractivity contribution in [1.82, 2.24) is 4.90 Å². The SMILES string of the molecule is CCC1CC2C(=O)N(CC(O)CC(C)(C)C)C(=O)C2C1. The maximum absolute atomic E-state index is 12.4. The van der Waals surface area contributed by atoms with Crippen molar-refractivity contribution < 1.29 is 14.7 Å². The first-order chi connectivity index (χ1) is 9.23. The molecule has 0 aromatic rings. The van der Waals surface area contributed by atoms with Gasteiger partial charge in [0.2, 0.25) is 11.8 Å². The fraction of sp³-hybridized carbons (Fsp3) is 0.875. The molecule has 4 nitrogen and oxygen atoms in total. The number of amides is 2. The van der Waals surface area contributed by atoms with Crippen LogP contribution in [0.1, 0.15) is 53.4 Å². The van der Waals surface area contributed by atoms with E-state index >= 15 is 0 Å². The number of carbonyl (C=O) groups is 2. The molecule has 1 saturated carbocycles. The smallest absolute Gasteiger partial charge is 0.233 e. The molecule has 1 aliphatic carbocycles. The molecule has 1 aliphatic heterocycles. The van der Waals surface area contributed by atoms with Gasteiger partial charge in [-0.15, -0.1) is 0 Å². The molecule has 1 saturated heterocycles. The van der Waals surface area contributed by atoms with Gasteiger partial charge in [-0.3, -0.25) is 14.5 Å². The first-order valence-electron chi connectivity index (χ1n) is 7.76. The van der Waals surface area contributed by atoms with Gasteiger partial charge in [0.1, 0.15) is 0 Å². The fourth-order valence-corrected chi connectivity index (χ4v) is 3.69. The fourth-order valence-electron chi connectivity index (χ4n) is 3.69. The third-order valence-electron chi connectivity index (χ3n) is 4.65. The van der Waals surface area contributed by atoms with Crippen LogP contribution in [-0.4, -0.2) is 34.5 Å². The summed E-state index contributed by atoms with van der Waals surface area (Å²) in [4.78, 5) is 26.0. The molecule has 20 heavy (non-hydrogen) atoms. The molecule has 2 amide bonds. The summed E-state index contributed by atoms with van der Waals surface area (Å²) in [5.74, 6) is 0.177. The predicted molar refractivity (Wildman–Crippen MR) is 76.8 cm³/mol. The summed E-state index contributed by atoms with van der Waals surface area (Å²) in [6.45, 7) is 8.42. The second-order valence-corrected chi connectivity index (χ2v) is 7.66. The molecular formula is C16H27NO3. The molecule has 1 N–H and O–H groups in total. The Kier molecular flexibility index (Phi) is 4.24. The Morgan fingerprint density at radius 3 is 2.10 bits per heavy atom. The number of nitrogens with zero attached hydrogens (tertiary/aromatic N) is 1.